The number of hydrogen-bond donors (Lipinski definition) is 0. The van der Waals surface area contributed by atoms with Gasteiger partial charge in [-0.1, -0.05) is 26.2 Å². The molecule has 0 nitrogen and oxygen atoms in total. The van der Waals surface area contributed by atoms with Crippen molar-refractivity contribution < 1.29 is 0 Å². The molecular formula is C20H30. The van der Waals surface area contributed by atoms with E-state index in [2.05, 4.69) is 25.7 Å². The molecule has 0 saturated heterocycles. The lowest BCUT2D eigenvalue weighted by atomic mass is 9.50. The molecule has 0 N–H and O–H groups in total. The van der Waals surface area contributed by atoms with Crippen LogP contribution in [0.4, 0.5) is 0 Å². The summed E-state index contributed by atoms with van der Waals surface area (Å²) in [5, 5.41) is 0. The van der Waals surface area contributed by atoms with E-state index >= 15 is 0 Å². The second-order valence-corrected chi connectivity index (χ2v) is 8.38. The van der Waals surface area contributed by atoms with Gasteiger partial charge in [-0.15, -0.1) is 5.92 Å². The highest BCUT2D eigenvalue weighted by Gasteiger charge is 2.55. The summed E-state index contributed by atoms with van der Waals surface area (Å²) in [4.78, 5) is 0. The molecule has 0 spiro atoms. The fourth-order valence-corrected chi connectivity index (χ4v) is 6.89. The standard InChI is InChI=1S/C20H30/c1-3-15-9-11-19-18-10-8-14-6-4-5-7-16(14)17(18)12-13-20(15,19)2/h14-19H,3-4,6,8-13H2,1-2H3/t14?,15-,16-,17+,18+,19-,20+/m0/s1. The second-order valence-electron chi connectivity index (χ2n) is 8.38. The van der Waals surface area contributed by atoms with Crippen molar-refractivity contribution in [3.8, 4) is 11.8 Å². The summed E-state index contributed by atoms with van der Waals surface area (Å²) in [6.07, 6.45) is 13.1. The molecule has 4 aliphatic carbocycles. The Bertz CT molecular complexity index is 439. The van der Waals surface area contributed by atoms with Gasteiger partial charge in [-0.2, -0.15) is 0 Å². The fourth-order valence-electron chi connectivity index (χ4n) is 6.89. The largest absolute Gasteiger partial charge is 0.103 e. The molecule has 4 aliphatic rings. The SMILES string of the molecule is CC[C@H]1CC[C@H]2[C@@H]3CCC4CCC#C[C@@H]4[C@H]3CC[C@]12C. The van der Waals surface area contributed by atoms with Crippen molar-refractivity contribution in [2.24, 2.45) is 40.9 Å². The van der Waals surface area contributed by atoms with Crippen molar-refractivity contribution in [3.05, 3.63) is 0 Å². The predicted octanol–water partition coefficient (Wildman–Crippen LogP) is 5.28. The summed E-state index contributed by atoms with van der Waals surface area (Å²) < 4.78 is 0. The van der Waals surface area contributed by atoms with E-state index < -0.39 is 0 Å². The zero-order valence-electron chi connectivity index (χ0n) is 13.3. The maximum atomic E-state index is 3.69. The molecule has 110 valence electrons. The minimum Gasteiger partial charge on any atom is -0.103 e. The monoisotopic (exact) mass is 270 g/mol. The quantitative estimate of drug-likeness (QED) is 0.569. The van der Waals surface area contributed by atoms with Gasteiger partial charge in [-0.05, 0) is 80.0 Å². The Hall–Kier alpha value is -0.440. The Morgan fingerprint density at radius 2 is 1.90 bits per heavy atom. The fraction of sp³-hybridized carbons (Fsp3) is 0.900. The normalized spacial score (nSPS) is 53.3. The molecule has 0 aromatic heterocycles. The first kappa shape index (κ1) is 13.2. The van der Waals surface area contributed by atoms with Crippen LogP contribution in [0.1, 0.15) is 71.6 Å². The second kappa shape index (κ2) is 4.79. The van der Waals surface area contributed by atoms with Crippen molar-refractivity contribution in [1.82, 2.24) is 0 Å². The molecule has 7 atom stereocenters. The molecule has 0 radical (unpaired) electrons. The Kier molecular flexibility index (Phi) is 3.17. The van der Waals surface area contributed by atoms with Crippen molar-refractivity contribution in [1.29, 1.82) is 0 Å². The Morgan fingerprint density at radius 3 is 2.75 bits per heavy atom. The van der Waals surface area contributed by atoms with E-state index in [0.717, 1.165) is 35.5 Å². The zero-order valence-corrected chi connectivity index (χ0v) is 13.3. The van der Waals surface area contributed by atoms with Crippen molar-refractivity contribution in [3.63, 3.8) is 0 Å². The van der Waals surface area contributed by atoms with Gasteiger partial charge >= 0.3 is 0 Å². The molecule has 3 saturated carbocycles. The highest BCUT2D eigenvalue weighted by Crippen LogP contribution is 2.63. The van der Waals surface area contributed by atoms with Crippen LogP contribution in [-0.4, -0.2) is 0 Å². The zero-order chi connectivity index (χ0) is 13.7. The van der Waals surface area contributed by atoms with Gasteiger partial charge in [0.25, 0.3) is 0 Å². The van der Waals surface area contributed by atoms with Gasteiger partial charge < -0.3 is 0 Å². The molecule has 0 heteroatoms. The molecule has 0 aromatic rings. The van der Waals surface area contributed by atoms with Crippen LogP contribution in [-0.2, 0) is 0 Å². The Labute approximate surface area is 125 Å². The molecule has 0 amide bonds. The van der Waals surface area contributed by atoms with Gasteiger partial charge in [0.1, 0.15) is 0 Å². The van der Waals surface area contributed by atoms with Crippen molar-refractivity contribution in [2.75, 3.05) is 0 Å². The highest BCUT2D eigenvalue weighted by molar-refractivity contribution is 5.16. The third-order valence-electron chi connectivity index (χ3n) is 7.93. The molecule has 0 heterocycles. The van der Waals surface area contributed by atoms with Crippen LogP contribution < -0.4 is 0 Å². The predicted molar refractivity (Wildman–Crippen MR) is 84.1 cm³/mol. The summed E-state index contributed by atoms with van der Waals surface area (Å²) in [7, 11) is 0. The van der Waals surface area contributed by atoms with Crippen LogP contribution in [0.3, 0.4) is 0 Å². The summed E-state index contributed by atoms with van der Waals surface area (Å²) in [5.41, 5.74) is 0.685. The topological polar surface area (TPSA) is 0 Å². The third-order valence-corrected chi connectivity index (χ3v) is 7.93. The van der Waals surface area contributed by atoms with Gasteiger partial charge in [0.05, 0.1) is 0 Å². The maximum Gasteiger partial charge on any atom is 0.0262 e. The maximum absolute atomic E-state index is 3.69. The molecule has 0 aliphatic heterocycles. The minimum atomic E-state index is 0.685. The lowest BCUT2D eigenvalue weighted by molar-refractivity contribution is -0.0397. The molecular weight excluding hydrogens is 240 g/mol. The average Bonchev–Trinajstić information content (AvgIpc) is 2.83. The van der Waals surface area contributed by atoms with E-state index in [0.29, 0.717) is 5.41 Å². The lowest BCUT2D eigenvalue weighted by Crippen LogP contribution is -2.47. The van der Waals surface area contributed by atoms with Crippen LogP contribution in [0.5, 0.6) is 0 Å². The van der Waals surface area contributed by atoms with E-state index in [1.165, 1.54) is 57.8 Å². The van der Waals surface area contributed by atoms with E-state index in [4.69, 9.17) is 0 Å². The highest BCUT2D eigenvalue weighted by atomic mass is 14.6. The van der Waals surface area contributed by atoms with Gasteiger partial charge in [0, 0.05) is 12.3 Å². The molecule has 4 rings (SSSR count). The molecule has 1 unspecified atom stereocenters. The van der Waals surface area contributed by atoms with Crippen LogP contribution in [0.25, 0.3) is 0 Å². The smallest absolute Gasteiger partial charge is 0.0262 e. The van der Waals surface area contributed by atoms with Crippen LogP contribution >= 0.6 is 0 Å². The van der Waals surface area contributed by atoms with Gasteiger partial charge in [0.2, 0.25) is 0 Å². The number of rotatable bonds is 1. The molecule has 3 fully saturated rings. The summed E-state index contributed by atoms with van der Waals surface area (Å²) in [5.74, 6) is 12.9. The Morgan fingerprint density at radius 1 is 1.00 bits per heavy atom. The third kappa shape index (κ3) is 1.74. The van der Waals surface area contributed by atoms with E-state index in [1.807, 2.05) is 0 Å². The molecule has 0 bridgehead atoms. The molecule has 20 heavy (non-hydrogen) atoms. The van der Waals surface area contributed by atoms with Crippen LogP contribution in [0.2, 0.25) is 0 Å². The first-order valence-electron chi connectivity index (χ1n) is 9.22. The number of fused-ring (bicyclic) bond motifs is 5. The van der Waals surface area contributed by atoms with Crippen molar-refractivity contribution >= 4 is 0 Å². The van der Waals surface area contributed by atoms with E-state index in [-0.39, 0.29) is 0 Å². The van der Waals surface area contributed by atoms with Crippen LogP contribution in [0.15, 0.2) is 0 Å². The molecule has 0 aromatic carbocycles. The summed E-state index contributed by atoms with van der Waals surface area (Å²) in [6, 6.07) is 0. The van der Waals surface area contributed by atoms with E-state index in [9.17, 15) is 0 Å². The Balaban J connectivity index is 1.62. The van der Waals surface area contributed by atoms with Gasteiger partial charge in [-0.25, -0.2) is 0 Å². The van der Waals surface area contributed by atoms with Gasteiger partial charge in [0.15, 0.2) is 0 Å². The lowest BCUT2D eigenvalue weighted by Gasteiger charge is -2.54. The first-order valence-corrected chi connectivity index (χ1v) is 9.22. The van der Waals surface area contributed by atoms with Gasteiger partial charge in [-0.3, -0.25) is 0 Å². The minimum absolute atomic E-state index is 0.685. The van der Waals surface area contributed by atoms with E-state index in [1.54, 1.807) is 0 Å². The summed E-state index contributed by atoms with van der Waals surface area (Å²) in [6.45, 7) is 5.07. The van der Waals surface area contributed by atoms with Crippen LogP contribution in [0, 0.1) is 52.8 Å². The first-order chi connectivity index (χ1) is 9.74. The number of hydrogen-bond acceptors (Lipinski definition) is 0. The average molecular weight is 270 g/mol. The summed E-state index contributed by atoms with van der Waals surface area (Å²) >= 11 is 0. The van der Waals surface area contributed by atoms with Crippen molar-refractivity contribution in [2.45, 2.75) is 71.6 Å².